The number of carbonyl (C=O) groups excluding carboxylic acids is 1. The molecule has 0 radical (unpaired) electrons. The number of hydrogen-bond acceptors (Lipinski definition) is 6. The van der Waals surface area contributed by atoms with Crippen LogP contribution in [-0.4, -0.2) is 31.7 Å². The molecule has 0 unspecified atom stereocenters. The summed E-state index contributed by atoms with van der Waals surface area (Å²) < 4.78 is 9.92. The number of carbonyl (C=O) groups is 1. The Kier molecular flexibility index (Phi) is 5.33. The van der Waals surface area contributed by atoms with Crippen LogP contribution in [0.2, 0.25) is 0 Å². The number of ether oxygens (including phenoxy) is 2. The van der Waals surface area contributed by atoms with Gasteiger partial charge in [-0.1, -0.05) is 0 Å². The lowest BCUT2D eigenvalue weighted by atomic mass is 10.3. The summed E-state index contributed by atoms with van der Waals surface area (Å²) in [5, 5.41) is 0.840. The fourth-order valence-corrected chi connectivity index (χ4v) is 2.13. The highest BCUT2D eigenvalue weighted by Crippen LogP contribution is 2.19. The number of nitrogens with one attached hydrogen (secondary N) is 1. The molecule has 90 valence electrons. The van der Waals surface area contributed by atoms with Gasteiger partial charge in [-0.15, -0.1) is 11.3 Å². The van der Waals surface area contributed by atoms with Crippen molar-refractivity contribution >= 4 is 17.2 Å². The standard InChI is InChI=1S/C9H15N3O3S/c1-14-4-3-7-11-6(5-15-2)8(16-7)9(13)12-10/h3-5,10H2,1-2H3,(H,12,13). The molecule has 0 aromatic carbocycles. The van der Waals surface area contributed by atoms with Crippen molar-refractivity contribution in [3.05, 3.63) is 15.6 Å². The van der Waals surface area contributed by atoms with Gasteiger partial charge in [0.05, 0.1) is 23.9 Å². The summed E-state index contributed by atoms with van der Waals surface area (Å²) in [5.74, 6) is 4.75. The van der Waals surface area contributed by atoms with E-state index >= 15 is 0 Å². The van der Waals surface area contributed by atoms with Crippen LogP contribution in [0.1, 0.15) is 20.4 Å². The van der Waals surface area contributed by atoms with E-state index in [-0.39, 0.29) is 5.91 Å². The number of hydrazine groups is 1. The molecule has 0 aliphatic carbocycles. The highest BCUT2D eigenvalue weighted by molar-refractivity contribution is 7.13. The molecule has 7 heteroatoms. The first-order valence-corrected chi connectivity index (χ1v) is 5.52. The van der Waals surface area contributed by atoms with Gasteiger partial charge < -0.3 is 9.47 Å². The van der Waals surface area contributed by atoms with Gasteiger partial charge in [-0.25, -0.2) is 10.8 Å². The molecule has 1 aromatic rings. The maximum Gasteiger partial charge on any atom is 0.277 e. The molecule has 0 saturated carbocycles. The Balaban J connectivity index is 2.86. The highest BCUT2D eigenvalue weighted by atomic mass is 32.1. The SMILES string of the molecule is COCCc1nc(COC)c(C(=O)NN)s1. The van der Waals surface area contributed by atoms with Crippen molar-refractivity contribution in [3.8, 4) is 0 Å². The van der Waals surface area contributed by atoms with Crippen LogP contribution in [0, 0.1) is 0 Å². The van der Waals surface area contributed by atoms with Gasteiger partial charge in [0.1, 0.15) is 4.88 Å². The van der Waals surface area contributed by atoms with Crippen molar-refractivity contribution in [1.82, 2.24) is 10.4 Å². The van der Waals surface area contributed by atoms with E-state index in [4.69, 9.17) is 15.3 Å². The maximum atomic E-state index is 11.4. The molecule has 6 nitrogen and oxygen atoms in total. The number of thiazole rings is 1. The van der Waals surface area contributed by atoms with Gasteiger partial charge in [0.2, 0.25) is 0 Å². The molecule has 1 aromatic heterocycles. The second kappa shape index (κ2) is 6.54. The summed E-state index contributed by atoms with van der Waals surface area (Å²) >= 11 is 1.31. The number of nitrogen functional groups attached to an aromatic ring is 1. The van der Waals surface area contributed by atoms with Crippen LogP contribution in [0.25, 0.3) is 0 Å². The predicted molar refractivity (Wildman–Crippen MR) is 60.1 cm³/mol. The van der Waals surface area contributed by atoms with E-state index in [9.17, 15) is 4.79 Å². The largest absolute Gasteiger partial charge is 0.384 e. The molecule has 16 heavy (non-hydrogen) atoms. The summed E-state index contributed by atoms with van der Waals surface area (Å²) in [5.41, 5.74) is 2.71. The molecule has 1 rings (SSSR count). The summed E-state index contributed by atoms with van der Waals surface area (Å²) in [4.78, 5) is 16.2. The lowest BCUT2D eigenvalue weighted by Gasteiger charge is -1.98. The van der Waals surface area contributed by atoms with E-state index in [0.29, 0.717) is 30.2 Å². The number of nitrogens with two attached hydrogens (primary N) is 1. The predicted octanol–water partition coefficient (Wildman–Crippen LogP) is 0.0819. The molecular weight excluding hydrogens is 230 g/mol. The van der Waals surface area contributed by atoms with Crippen LogP contribution in [0.15, 0.2) is 0 Å². The minimum absolute atomic E-state index is 0.298. The van der Waals surface area contributed by atoms with Crippen LogP contribution < -0.4 is 11.3 Å². The van der Waals surface area contributed by atoms with Crippen LogP contribution in [0.5, 0.6) is 0 Å². The molecule has 0 atom stereocenters. The first kappa shape index (κ1) is 13.0. The Morgan fingerprint density at radius 1 is 1.50 bits per heavy atom. The van der Waals surface area contributed by atoms with Gasteiger partial charge in [-0.2, -0.15) is 0 Å². The average Bonchev–Trinajstić information content (AvgIpc) is 2.69. The average molecular weight is 245 g/mol. The fourth-order valence-electron chi connectivity index (χ4n) is 1.17. The number of aromatic nitrogens is 1. The zero-order valence-electron chi connectivity index (χ0n) is 9.28. The summed E-state index contributed by atoms with van der Waals surface area (Å²) in [6.45, 7) is 0.871. The number of amides is 1. The molecule has 0 aliphatic rings. The Bertz CT molecular complexity index is 354. The molecule has 3 N–H and O–H groups in total. The Labute approximate surface area is 97.7 Å². The number of rotatable bonds is 6. The van der Waals surface area contributed by atoms with E-state index < -0.39 is 0 Å². The van der Waals surface area contributed by atoms with E-state index in [1.807, 2.05) is 0 Å². The normalized spacial score (nSPS) is 10.4. The van der Waals surface area contributed by atoms with Crippen LogP contribution in [0.4, 0.5) is 0 Å². The summed E-state index contributed by atoms with van der Waals surface area (Å²) in [6, 6.07) is 0. The summed E-state index contributed by atoms with van der Waals surface area (Å²) in [7, 11) is 3.18. The van der Waals surface area contributed by atoms with Crippen molar-refractivity contribution in [2.75, 3.05) is 20.8 Å². The Morgan fingerprint density at radius 3 is 2.81 bits per heavy atom. The smallest absolute Gasteiger partial charge is 0.277 e. The monoisotopic (exact) mass is 245 g/mol. The van der Waals surface area contributed by atoms with E-state index in [1.165, 1.54) is 11.3 Å². The molecule has 1 amide bonds. The van der Waals surface area contributed by atoms with Crippen LogP contribution in [-0.2, 0) is 22.5 Å². The molecule has 0 aliphatic heterocycles. The Hall–Kier alpha value is -1.02. The third kappa shape index (κ3) is 3.24. The van der Waals surface area contributed by atoms with Crippen molar-refractivity contribution in [2.24, 2.45) is 5.84 Å². The first-order valence-electron chi connectivity index (χ1n) is 4.70. The third-order valence-electron chi connectivity index (χ3n) is 1.88. The van der Waals surface area contributed by atoms with Crippen molar-refractivity contribution in [3.63, 3.8) is 0 Å². The molecule has 0 fully saturated rings. The van der Waals surface area contributed by atoms with E-state index in [1.54, 1.807) is 14.2 Å². The van der Waals surface area contributed by atoms with Crippen LogP contribution in [0.3, 0.4) is 0 Å². The zero-order chi connectivity index (χ0) is 12.0. The van der Waals surface area contributed by atoms with Gasteiger partial charge in [0.25, 0.3) is 5.91 Å². The number of methoxy groups -OCH3 is 2. The molecule has 0 saturated heterocycles. The quantitative estimate of drug-likeness (QED) is 0.421. The first-order chi connectivity index (χ1) is 7.72. The van der Waals surface area contributed by atoms with Crippen molar-refractivity contribution in [2.45, 2.75) is 13.0 Å². The van der Waals surface area contributed by atoms with E-state index in [2.05, 4.69) is 10.4 Å². The topological polar surface area (TPSA) is 86.5 Å². The molecular formula is C9H15N3O3S. The molecule has 0 bridgehead atoms. The highest BCUT2D eigenvalue weighted by Gasteiger charge is 2.16. The fraction of sp³-hybridized carbons (Fsp3) is 0.556. The van der Waals surface area contributed by atoms with Gasteiger partial charge >= 0.3 is 0 Å². The van der Waals surface area contributed by atoms with Crippen molar-refractivity contribution in [1.29, 1.82) is 0 Å². The van der Waals surface area contributed by atoms with Gasteiger partial charge in [-0.3, -0.25) is 10.2 Å². The lowest BCUT2D eigenvalue weighted by Crippen LogP contribution is -2.30. The van der Waals surface area contributed by atoms with Gasteiger partial charge in [0, 0.05) is 20.6 Å². The van der Waals surface area contributed by atoms with Gasteiger partial charge in [0.15, 0.2) is 0 Å². The van der Waals surface area contributed by atoms with Gasteiger partial charge in [-0.05, 0) is 0 Å². The number of nitrogens with zero attached hydrogens (tertiary/aromatic N) is 1. The van der Waals surface area contributed by atoms with E-state index in [0.717, 1.165) is 5.01 Å². The lowest BCUT2D eigenvalue weighted by molar-refractivity contribution is 0.0952. The maximum absolute atomic E-state index is 11.4. The second-order valence-corrected chi connectivity index (χ2v) is 4.12. The second-order valence-electron chi connectivity index (χ2n) is 3.03. The third-order valence-corrected chi connectivity index (χ3v) is 3.04. The summed E-state index contributed by atoms with van der Waals surface area (Å²) in [6.07, 6.45) is 0.676. The molecule has 1 heterocycles. The minimum Gasteiger partial charge on any atom is -0.384 e. The molecule has 0 spiro atoms. The zero-order valence-corrected chi connectivity index (χ0v) is 10.1. The van der Waals surface area contributed by atoms with Crippen molar-refractivity contribution < 1.29 is 14.3 Å². The van der Waals surface area contributed by atoms with Crippen LogP contribution >= 0.6 is 11.3 Å². The number of hydrogen-bond donors (Lipinski definition) is 2. The Morgan fingerprint density at radius 2 is 2.25 bits per heavy atom. The minimum atomic E-state index is -0.340.